The van der Waals surface area contributed by atoms with Crippen molar-refractivity contribution >= 4 is 5.91 Å². The van der Waals surface area contributed by atoms with Gasteiger partial charge in [0.2, 0.25) is 0 Å². The van der Waals surface area contributed by atoms with E-state index in [0.717, 1.165) is 12.8 Å². The molecule has 0 heterocycles. The minimum absolute atomic E-state index is 0.0949. The summed E-state index contributed by atoms with van der Waals surface area (Å²) in [5.74, 6) is -0.0949. The van der Waals surface area contributed by atoms with Gasteiger partial charge in [-0.1, -0.05) is 30.3 Å². The van der Waals surface area contributed by atoms with Crippen molar-refractivity contribution in [2.24, 2.45) is 0 Å². The van der Waals surface area contributed by atoms with Crippen molar-refractivity contribution < 1.29 is 4.79 Å². The highest BCUT2D eigenvalue weighted by Crippen LogP contribution is 2.04. The summed E-state index contributed by atoms with van der Waals surface area (Å²) in [6.45, 7) is 0.647. The molecule has 0 unspecified atom stereocenters. The fourth-order valence-corrected chi connectivity index (χ4v) is 1.94. The maximum Gasteiger partial charge on any atom is 0.251 e. The van der Waals surface area contributed by atoms with Gasteiger partial charge in [-0.25, -0.2) is 0 Å². The SMILES string of the molecule is N#Cc1ccc(C(=O)NCCCc2ccccc2)cc1. The molecule has 0 aliphatic heterocycles. The molecule has 2 rings (SSSR count). The third-order valence-corrected chi connectivity index (χ3v) is 3.05. The lowest BCUT2D eigenvalue weighted by Crippen LogP contribution is -2.24. The molecule has 0 fully saturated rings. The number of rotatable bonds is 5. The number of amides is 1. The Bertz CT molecular complexity index is 597. The average molecular weight is 264 g/mol. The lowest BCUT2D eigenvalue weighted by atomic mass is 10.1. The first-order valence-corrected chi connectivity index (χ1v) is 6.62. The molecule has 1 amide bonds. The topological polar surface area (TPSA) is 52.9 Å². The monoisotopic (exact) mass is 264 g/mol. The van der Waals surface area contributed by atoms with Crippen LogP contribution in [-0.4, -0.2) is 12.5 Å². The van der Waals surface area contributed by atoms with E-state index >= 15 is 0 Å². The summed E-state index contributed by atoms with van der Waals surface area (Å²) >= 11 is 0. The number of hydrogen-bond donors (Lipinski definition) is 1. The molecule has 0 radical (unpaired) electrons. The van der Waals surface area contributed by atoms with E-state index in [0.29, 0.717) is 17.7 Å². The summed E-state index contributed by atoms with van der Waals surface area (Å²) in [6, 6.07) is 18.9. The van der Waals surface area contributed by atoms with Crippen molar-refractivity contribution in [1.82, 2.24) is 5.32 Å². The Morgan fingerprint density at radius 3 is 2.40 bits per heavy atom. The Labute approximate surface area is 118 Å². The number of carbonyl (C=O) groups excluding carboxylic acids is 1. The zero-order chi connectivity index (χ0) is 14.2. The van der Waals surface area contributed by atoms with Crippen LogP contribution in [0, 0.1) is 11.3 Å². The molecule has 0 saturated carbocycles. The van der Waals surface area contributed by atoms with Gasteiger partial charge in [0.1, 0.15) is 0 Å². The number of nitrogens with one attached hydrogen (secondary N) is 1. The first-order valence-electron chi connectivity index (χ1n) is 6.62. The smallest absolute Gasteiger partial charge is 0.251 e. The Morgan fingerprint density at radius 2 is 1.75 bits per heavy atom. The van der Waals surface area contributed by atoms with Gasteiger partial charge in [-0.15, -0.1) is 0 Å². The van der Waals surface area contributed by atoms with Gasteiger partial charge in [-0.2, -0.15) is 5.26 Å². The maximum absolute atomic E-state index is 11.9. The van der Waals surface area contributed by atoms with Gasteiger partial charge >= 0.3 is 0 Å². The van der Waals surface area contributed by atoms with E-state index in [1.54, 1.807) is 24.3 Å². The summed E-state index contributed by atoms with van der Waals surface area (Å²) in [6.07, 6.45) is 1.86. The highest BCUT2D eigenvalue weighted by molar-refractivity contribution is 5.94. The van der Waals surface area contributed by atoms with Gasteiger partial charge in [-0.3, -0.25) is 4.79 Å². The normalized spacial score (nSPS) is 9.75. The van der Waals surface area contributed by atoms with Gasteiger partial charge in [-0.05, 0) is 42.7 Å². The third kappa shape index (κ3) is 3.96. The Hall–Kier alpha value is -2.60. The molecular formula is C17H16N2O. The fraction of sp³-hybridized carbons (Fsp3) is 0.176. The first-order chi connectivity index (χ1) is 9.79. The standard InChI is InChI=1S/C17H16N2O/c18-13-15-8-10-16(11-9-15)17(20)19-12-4-7-14-5-2-1-3-6-14/h1-3,5-6,8-11H,4,7,12H2,(H,19,20). The summed E-state index contributed by atoms with van der Waals surface area (Å²) in [5, 5.41) is 11.6. The highest BCUT2D eigenvalue weighted by atomic mass is 16.1. The summed E-state index contributed by atoms with van der Waals surface area (Å²) < 4.78 is 0. The summed E-state index contributed by atoms with van der Waals surface area (Å²) in [5.41, 5.74) is 2.43. The molecule has 0 bridgehead atoms. The van der Waals surface area contributed by atoms with Crippen LogP contribution in [0.25, 0.3) is 0 Å². The zero-order valence-corrected chi connectivity index (χ0v) is 11.2. The van der Waals surface area contributed by atoms with E-state index < -0.39 is 0 Å². The predicted molar refractivity (Wildman–Crippen MR) is 78.3 cm³/mol. The summed E-state index contributed by atoms with van der Waals surface area (Å²) in [4.78, 5) is 11.9. The lowest BCUT2D eigenvalue weighted by Gasteiger charge is -2.05. The number of nitrogens with zero attached hydrogens (tertiary/aromatic N) is 1. The molecule has 0 aliphatic carbocycles. The lowest BCUT2D eigenvalue weighted by molar-refractivity contribution is 0.0953. The van der Waals surface area contributed by atoms with Gasteiger partial charge in [0.05, 0.1) is 11.6 Å². The molecule has 0 atom stereocenters. The molecule has 0 aliphatic rings. The van der Waals surface area contributed by atoms with Crippen LogP contribution in [0.1, 0.15) is 27.9 Å². The third-order valence-electron chi connectivity index (χ3n) is 3.05. The van der Waals surface area contributed by atoms with Crippen molar-refractivity contribution in [2.45, 2.75) is 12.8 Å². The zero-order valence-electron chi connectivity index (χ0n) is 11.2. The first kappa shape index (κ1) is 13.8. The van der Waals surface area contributed by atoms with E-state index in [1.165, 1.54) is 5.56 Å². The van der Waals surface area contributed by atoms with Crippen LogP contribution < -0.4 is 5.32 Å². The molecule has 2 aromatic rings. The minimum Gasteiger partial charge on any atom is -0.352 e. The van der Waals surface area contributed by atoms with Gasteiger partial charge in [0.15, 0.2) is 0 Å². The van der Waals surface area contributed by atoms with Crippen molar-refractivity contribution in [3.05, 3.63) is 71.3 Å². The number of benzene rings is 2. The highest BCUT2D eigenvalue weighted by Gasteiger charge is 2.04. The van der Waals surface area contributed by atoms with Crippen molar-refractivity contribution in [3.8, 4) is 6.07 Å². The van der Waals surface area contributed by atoms with Crippen LogP contribution in [0.3, 0.4) is 0 Å². The van der Waals surface area contributed by atoms with Gasteiger partial charge < -0.3 is 5.32 Å². The molecule has 2 aromatic carbocycles. The maximum atomic E-state index is 11.9. The molecule has 0 saturated heterocycles. The quantitative estimate of drug-likeness (QED) is 0.844. The fourth-order valence-electron chi connectivity index (χ4n) is 1.94. The van der Waals surface area contributed by atoms with Crippen molar-refractivity contribution in [1.29, 1.82) is 5.26 Å². The van der Waals surface area contributed by atoms with Crippen LogP contribution in [-0.2, 0) is 6.42 Å². The second kappa shape index (κ2) is 7.10. The van der Waals surface area contributed by atoms with Crippen LogP contribution in [0.2, 0.25) is 0 Å². The average Bonchev–Trinajstić information content (AvgIpc) is 2.52. The van der Waals surface area contributed by atoms with Crippen molar-refractivity contribution in [3.63, 3.8) is 0 Å². The van der Waals surface area contributed by atoms with E-state index in [9.17, 15) is 4.79 Å². The van der Waals surface area contributed by atoms with E-state index in [1.807, 2.05) is 24.3 Å². The molecule has 1 N–H and O–H groups in total. The Kier molecular flexibility index (Phi) is 4.91. The molecule has 3 heteroatoms. The van der Waals surface area contributed by atoms with E-state index in [4.69, 9.17) is 5.26 Å². The van der Waals surface area contributed by atoms with Crippen LogP contribution >= 0.6 is 0 Å². The molecular weight excluding hydrogens is 248 g/mol. The van der Waals surface area contributed by atoms with Crippen LogP contribution in [0.5, 0.6) is 0 Å². The number of carbonyl (C=O) groups is 1. The van der Waals surface area contributed by atoms with E-state index in [-0.39, 0.29) is 5.91 Å². The molecule has 20 heavy (non-hydrogen) atoms. The second-order valence-corrected chi connectivity index (χ2v) is 4.53. The van der Waals surface area contributed by atoms with Crippen LogP contribution in [0.15, 0.2) is 54.6 Å². The minimum atomic E-state index is -0.0949. The number of hydrogen-bond acceptors (Lipinski definition) is 2. The van der Waals surface area contributed by atoms with Crippen molar-refractivity contribution in [2.75, 3.05) is 6.54 Å². The Morgan fingerprint density at radius 1 is 1.05 bits per heavy atom. The summed E-state index contributed by atoms with van der Waals surface area (Å²) in [7, 11) is 0. The van der Waals surface area contributed by atoms with Gasteiger partial charge in [0.25, 0.3) is 5.91 Å². The Balaban J connectivity index is 1.76. The molecule has 100 valence electrons. The molecule has 0 aromatic heterocycles. The van der Waals surface area contributed by atoms with Gasteiger partial charge in [0, 0.05) is 12.1 Å². The van der Waals surface area contributed by atoms with Crippen LogP contribution in [0.4, 0.5) is 0 Å². The molecule has 0 spiro atoms. The number of nitriles is 1. The second-order valence-electron chi connectivity index (χ2n) is 4.53. The number of aryl methyl sites for hydroxylation is 1. The molecule has 3 nitrogen and oxygen atoms in total. The van der Waals surface area contributed by atoms with E-state index in [2.05, 4.69) is 17.4 Å². The predicted octanol–water partition coefficient (Wildman–Crippen LogP) is 2.92. The largest absolute Gasteiger partial charge is 0.352 e.